The fourth-order valence-electron chi connectivity index (χ4n) is 1.39. The van der Waals surface area contributed by atoms with Crippen molar-refractivity contribution in [1.82, 2.24) is 10.2 Å². The first-order valence-electron chi connectivity index (χ1n) is 4.58. The van der Waals surface area contributed by atoms with Crippen molar-refractivity contribution < 1.29 is 4.39 Å². The van der Waals surface area contributed by atoms with Gasteiger partial charge >= 0.3 is 0 Å². The van der Waals surface area contributed by atoms with Crippen molar-refractivity contribution in [2.24, 2.45) is 0 Å². The van der Waals surface area contributed by atoms with Crippen LogP contribution >= 0.6 is 0 Å². The van der Waals surface area contributed by atoms with Gasteiger partial charge in [-0.1, -0.05) is 18.2 Å². The number of hydrogen-bond acceptors (Lipinski definition) is 1. The largest absolute Gasteiger partial charge is 0.283 e. The van der Waals surface area contributed by atoms with E-state index in [1.807, 2.05) is 18.2 Å². The van der Waals surface area contributed by atoms with Crippen LogP contribution in [0, 0.1) is 5.82 Å². The van der Waals surface area contributed by atoms with Gasteiger partial charge in [0.05, 0.1) is 0 Å². The van der Waals surface area contributed by atoms with Gasteiger partial charge in [-0.3, -0.25) is 5.10 Å². The van der Waals surface area contributed by atoms with Gasteiger partial charge in [0, 0.05) is 11.9 Å². The lowest BCUT2D eigenvalue weighted by atomic mass is 10.1. The molecule has 2 rings (SSSR count). The average Bonchev–Trinajstić information content (AvgIpc) is 2.69. The van der Waals surface area contributed by atoms with Crippen molar-refractivity contribution in [2.45, 2.75) is 12.8 Å². The van der Waals surface area contributed by atoms with Crippen molar-refractivity contribution in [1.29, 1.82) is 0 Å². The maximum Gasteiger partial charge on any atom is 0.126 e. The molecule has 0 amide bonds. The van der Waals surface area contributed by atoms with Crippen LogP contribution in [0.15, 0.2) is 36.5 Å². The molecule has 14 heavy (non-hydrogen) atoms. The third kappa shape index (κ3) is 1.99. The number of aromatic nitrogens is 2. The van der Waals surface area contributed by atoms with Gasteiger partial charge in [0.1, 0.15) is 5.82 Å². The third-order valence-electron chi connectivity index (χ3n) is 2.18. The van der Waals surface area contributed by atoms with Crippen LogP contribution in [0.5, 0.6) is 0 Å². The Morgan fingerprint density at radius 2 is 2.00 bits per heavy atom. The molecule has 0 atom stereocenters. The number of halogens is 1. The highest BCUT2D eigenvalue weighted by molar-refractivity contribution is 5.18. The Kier molecular flexibility index (Phi) is 2.58. The van der Waals surface area contributed by atoms with Gasteiger partial charge in [0.15, 0.2) is 0 Å². The molecule has 1 N–H and O–H groups in total. The Morgan fingerprint density at radius 3 is 2.71 bits per heavy atom. The predicted molar refractivity (Wildman–Crippen MR) is 52.4 cm³/mol. The second kappa shape index (κ2) is 4.05. The van der Waals surface area contributed by atoms with Gasteiger partial charge in [0.25, 0.3) is 0 Å². The van der Waals surface area contributed by atoms with Gasteiger partial charge in [-0.05, 0) is 30.5 Å². The van der Waals surface area contributed by atoms with E-state index >= 15 is 0 Å². The summed E-state index contributed by atoms with van der Waals surface area (Å²) in [6.45, 7) is 0. The van der Waals surface area contributed by atoms with Gasteiger partial charge in [0.2, 0.25) is 0 Å². The summed E-state index contributed by atoms with van der Waals surface area (Å²) in [4.78, 5) is 0. The number of H-pyrrole nitrogens is 1. The molecular weight excluding hydrogens is 179 g/mol. The lowest BCUT2D eigenvalue weighted by molar-refractivity contribution is 0.608. The molecule has 0 radical (unpaired) electrons. The Bertz CT molecular complexity index is 395. The highest BCUT2D eigenvalue weighted by Gasteiger charge is 2.01. The van der Waals surface area contributed by atoms with Gasteiger partial charge in [-0.15, -0.1) is 0 Å². The van der Waals surface area contributed by atoms with Crippen LogP contribution in [0.25, 0.3) is 0 Å². The number of rotatable bonds is 3. The molecule has 0 saturated carbocycles. The Morgan fingerprint density at radius 1 is 1.14 bits per heavy atom. The second-order valence-electron chi connectivity index (χ2n) is 3.17. The number of benzene rings is 1. The SMILES string of the molecule is Fc1ccccc1CCc1ccn[nH]1. The third-order valence-corrected chi connectivity index (χ3v) is 2.18. The molecule has 0 bridgehead atoms. The fraction of sp³-hybridized carbons (Fsp3) is 0.182. The summed E-state index contributed by atoms with van der Waals surface area (Å²) in [7, 11) is 0. The summed E-state index contributed by atoms with van der Waals surface area (Å²) < 4.78 is 13.2. The minimum absolute atomic E-state index is 0.132. The first kappa shape index (κ1) is 8.94. The maximum absolute atomic E-state index is 13.2. The van der Waals surface area contributed by atoms with E-state index in [4.69, 9.17) is 0 Å². The molecule has 72 valence electrons. The molecule has 0 unspecified atom stereocenters. The van der Waals surface area contributed by atoms with Crippen LogP contribution in [-0.4, -0.2) is 10.2 Å². The first-order chi connectivity index (χ1) is 6.86. The quantitative estimate of drug-likeness (QED) is 0.790. The molecule has 0 aliphatic heterocycles. The smallest absolute Gasteiger partial charge is 0.126 e. The van der Waals surface area contributed by atoms with Gasteiger partial charge in [-0.25, -0.2) is 4.39 Å². The summed E-state index contributed by atoms with van der Waals surface area (Å²) in [6.07, 6.45) is 3.20. The van der Waals surface area contributed by atoms with E-state index in [2.05, 4.69) is 10.2 Å². The van der Waals surface area contributed by atoms with E-state index < -0.39 is 0 Å². The number of nitrogens with zero attached hydrogens (tertiary/aromatic N) is 1. The van der Waals surface area contributed by atoms with Crippen molar-refractivity contribution in [3.05, 3.63) is 53.6 Å². The summed E-state index contributed by atoms with van der Waals surface area (Å²) in [6, 6.07) is 8.76. The molecule has 0 spiro atoms. The number of aryl methyl sites for hydroxylation is 2. The van der Waals surface area contributed by atoms with Crippen molar-refractivity contribution >= 4 is 0 Å². The predicted octanol–water partition coefficient (Wildman–Crippen LogP) is 2.33. The minimum Gasteiger partial charge on any atom is -0.283 e. The Labute approximate surface area is 81.8 Å². The highest BCUT2D eigenvalue weighted by atomic mass is 19.1. The molecule has 0 aliphatic carbocycles. The van der Waals surface area contributed by atoms with Gasteiger partial charge in [-0.2, -0.15) is 5.10 Å². The number of hydrogen-bond donors (Lipinski definition) is 1. The average molecular weight is 190 g/mol. The standard InChI is InChI=1S/C11H11FN2/c12-11-4-2-1-3-9(11)5-6-10-7-8-13-14-10/h1-4,7-8H,5-6H2,(H,13,14). The summed E-state index contributed by atoms with van der Waals surface area (Å²) in [5.74, 6) is -0.132. The summed E-state index contributed by atoms with van der Waals surface area (Å²) in [5.41, 5.74) is 1.79. The lowest BCUT2D eigenvalue weighted by Crippen LogP contribution is -1.94. The van der Waals surface area contributed by atoms with Crippen LogP contribution in [0.2, 0.25) is 0 Å². The second-order valence-corrected chi connectivity index (χ2v) is 3.17. The first-order valence-corrected chi connectivity index (χ1v) is 4.58. The normalized spacial score (nSPS) is 10.4. The van der Waals surface area contributed by atoms with Crippen LogP contribution < -0.4 is 0 Å². The zero-order valence-electron chi connectivity index (χ0n) is 7.70. The molecule has 0 aliphatic rings. The maximum atomic E-state index is 13.2. The fourth-order valence-corrected chi connectivity index (χ4v) is 1.39. The van der Waals surface area contributed by atoms with Crippen molar-refractivity contribution in [3.63, 3.8) is 0 Å². The van der Waals surface area contributed by atoms with E-state index in [0.717, 1.165) is 17.7 Å². The molecule has 0 fully saturated rings. The van der Waals surface area contributed by atoms with Gasteiger partial charge < -0.3 is 0 Å². The molecule has 0 saturated heterocycles. The topological polar surface area (TPSA) is 28.7 Å². The van der Waals surface area contributed by atoms with Crippen LogP contribution in [-0.2, 0) is 12.8 Å². The monoisotopic (exact) mass is 190 g/mol. The molecule has 1 heterocycles. The number of nitrogens with one attached hydrogen (secondary N) is 1. The number of aromatic amines is 1. The van der Waals surface area contributed by atoms with Crippen LogP contribution in [0.1, 0.15) is 11.3 Å². The zero-order valence-corrected chi connectivity index (χ0v) is 7.70. The summed E-state index contributed by atoms with van der Waals surface area (Å²) >= 11 is 0. The van der Waals surface area contributed by atoms with E-state index in [9.17, 15) is 4.39 Å². The lowest BCUT2D eigenvalue weighted by Gasteiger charge is -2.00. The Hall–Kier alpha value is -1.64. The molecule has 2 aromatic rings. The van der Waals surface area contributed by atoms with E-state index in [0.29, 0.717) is 6.42 Å². The van der Waals surface area contributed by atoms with Crippen molar-refractivity contribution in [3.8, 4) is 0 Å². The van der Waals surface area contributed by atoms with Crippen molar-refractivity contribution in [2.75, 3.05) is 0 Å². The van der Waals surface area contributed by atoms with Crippen LogP contribution in [0.4, 0.5) is 4.39 Å². The van der Waals surface area contributed by atoms with Crippen LogP contribution in [0.3, 0.4) is 0 Å². The molecule has 3 heteroatoms. The Balaban J connectivity index is 2.02. The molecular formula is C11H11FN2. The zero-order chi connectivity index (χ0) is 9.80. The summed E-state index contributed by atoms with van der Waals surface area (Å²) in [5, 5.41) is 6.69. The minimum atomic E-state index is -0.132. The molecule has 1 aromatic heterocycles. The van der Waals surface area contributed by atoms with E-state index in [-0.39, 0.29) is 5.82 Å². The molecule has 1 aromatic carbocycles. The van der Waals surface area contributed by atoms with E-state index in [1.165, 1.54) is 6.07 Å². The van der Waals surface area contributed by atoms with E-state index in [1.54, 1.807) is 12.3 Å². The molecule has 2 nitrogen and oxygen atoms in total. The highest BCUT2D eigenvalue weighted by Crippen LogP contribution is 2.09.